The lowest BCUT2D eigenvalue weighted by molar-refractivity contribution is -0.904. The molecule has 0 aromatic heterocycles. The molecule has 0 rings (SSSR count). The highest BCUT2D eigenvalue weighted by molar-refractivity contribution is 7.51. The summed E-state index contributed by atoms with van der Waals surface area (Å²) in [6.07, 6.45) is 23.1. The van der Waals surface area contributed by atoms with Crippen LogP contribution in [0.4, 0.5) is 0 Å². The fourth-order valence-electron chi connectivity index (χ4n) is 4.84. The summed E-state index contributed by atoms with van der Waals surface area (Å²) < 4.78 is 22.9. The molecule has 9 nitrogen and oxygen atoms in total. The van der Waals surface area contributed by atoms with E-state index in [0.29, 0.717) is 0 Å². The number of hydrogen-bond donors (Lipinski definition) is 3. The number of allylic oxidation sites excluding steroid dienone is 4. The number of aliphatic hydroxyl groups is 3. The lowest BCUT2D eigenvalue weighted by Crippen LogP contribution is -2.51. The van der Waals surface area contributed by atoms with Crippen molar-refractivity contribution in [1.29, 1.82) is 0 Å². The Morgan fingerprint density at radius 3 is 1.83 bits per heavy atom. The van der Waals surface area contributed by atoms with Crippen molar-refractivity contribution in [2.75, 3.05) is 33.9 Å². The predicted octanol–water partition coefficient (Wildman–Crippen LogP) is 5.96. The molecule has 0 aromatic carbocycles. The van der Waals surface area contributed by atoms with Crippen LogP contribution in [-0.4, -0.2) is 77.8 Å². The van der Waals surface area contributed by atoms with E-state index < -0.39 is 38.3 Å². The highest BCUT2D eigenvalue weighted by Gasteiger charge is 2.37. The summed E-state index contributed by atoms with van der Waals surface area (Å²) in [7, 11) is -1.02. The molecule has 0 aliphatic rings. The van der Waals surface area contributed by atoms with E-state index in [1.165, 1.54) is 51.4 Å². The Hall–Kier alpha value is -1.06. The molecule has 2 unspecified atom stereocenters. The zero-order valence-corrected chi connectivity index (χ0v) is 27.9. The van der Waals surface area contributed by atoms with Crippen molar-refractivity contribution < 1.29 is 43.3 Å². The SMILES string of the molecule is CCCC/C=C\CCCC/C=C\CCCCCCCCC(=O)OC[C@@H](O)COP(=O)([O-])C(CC)[N+](C)(C)CCC(O)O. The summed E-state index contributed by atoms with van der Waals surface area (Å²) in [5, 5.41) is 28.3. The number of carbonyl (C=O) groups is 1. The van der Waals surface area contributed by atoms with Crippen molar-refractivity contribution in [2.45, 2.75) is 141 Å². The number of nitrogens with zero attached hydrogens (tertiary/aromatic N) is 1. The van der Waals surface area contributed by atoms with Crippen LogP contribution >= 0.6 is 7.60 Å². The van der Waals surface area contributed by atoms with Gasteiger partial charge in [0, 0.05) is 19.3 Å². The van der Waals surface area contributed by atoms with E-state index in [9.17, 15) is 19.4 Å². The number of esters is 1. The Bertz CT molecular complexity index is 772. The number of unbranched alkanes of at least 4 members (excludes halogenated alkanes) is 11. The molecule has 0 amide bonds. The Labute approximate surface area is 256 Å². The van der Waals surface area contributed by atoms with Gasteiger partial charge in [0.05, 0.1) is 27.2 Å². The van der Waals surface area contributed by atoms with Crippen LogP contribution in [0, 0.1) is 0 Å². The molecule has 0 aliphatic heterocycles. The van der Waals surface area contributed by atoms with Gasteiger partial charge in [-0.05, 0) is 51.4 Å². The Balaban J connectivity index is 3.87. The average molecular weight is 620 g/mol. The van der Waals surface area contributed by atoms with Crippen LogP contribution in [0.2, 0.25) is 0 Å². The third-order valence-corrected chi connectivity index (χ3v) is 9.66. The van der Waals surface area contributed by atoms with Crippen LogP contribution in [0.3, 0.4) is 0 Å². The van der Waals surface area contributed by atoms with Crippen molar-refractivity contribution in [2.24, 2.45) is 0 Å². The maximum absolute atomic E-state index is 12.7. The van der Waals surface area contributed by atoms with Gasteiger partial charge < -0.3 is 38.5 Å². The van der Waals surface area contributed by atoms with Crippen molar-refractivity contribution >= 4 is 13.6 Å². The van der Waals surface area contributed by atoms with Crippen LogP contribution < -0.4 is 4.89 Å². The summed E-state index contributed by atoms with van der Waals surface area (Å²) in [4.78, 5) is 24.7. The predicted molar refractivity (Wildman–Crippen MR) is 168 cm³/mol. The van der Waals surface area contributed by atoms with Crippen molar-refractivity contribution in [3.8, 4) is 0 Å². The van der Waals surface area contributed by atoms with E-state index in [0.717, 1.165) is 38.5 Å². The van der Waals surface area contributed by atoms with Crippen molar-refractivity contribution in [1.82, 2.24) is 0 Å². The highest BCUT2D eigenvalue weighted by atomic mass is 31.2. The van der Waals surface area contributed by atoms with E-state index in [2.05, 4.69) is 31.2 Å². The van der Waals surface area contributed by atoms with E-state index in [-0.39, 0.29) is 36.9 Å². The molecule has 248 valence electrons. The fraction of sp³-hybridized carbons (Fsp3) is 0.844. The molecule has 0 spiro atoms. The lowest BCUT2D eigenvalue weighted by Gasteiger charge is -2.43. The summed E-state index contributed by atoms with van der Waals surface area (Å²) in [5.41, 5.74) is 0. The lowest BCUT2D eigenvalue weighted by atomic mass is 10.1. The average Bonchev–Trinajstić information content (AvgIpc) is 2.93. The van der Waals surface area contributed by atoms with Gasteiger partial charge in [0.25, 0.3) is 0 Å². The van der Waals surface area contributed by atoms with Crippen LogP contribution in [0.5, 0.6) is 0 Å². The number of hydrogen-bond acceptors (Lipinski definition) is 8. The largest absolute Gasteiger partial charge is 0.774 e. The van der Waals surface area contributed by atoms with E-state index >= 15 is 0 Å². The second-order valence-corrected chi connectivity index (χ2v) is 13.8. The summed E-state index contributed by atoms with van der Waals surface area (Å²) >= 11 is 0. The summed E-state index contributed by atoms with van der Waals surface area (Å²) in [6, 6.07) is 0. The smallest absolute Gasteiger partial charge is 0.305 e. The van der Waals surface area contributed by atoms with Crippen LogP contribution in [-0.2, 0) is 18.6 Å². The number of rotatable bonds is 28. The first kappa shape index (κ1) is 40.9. The van der Waals surface area contributed by atoms with Crippen LogP contribution in [0.15, 0.2) is 24.3 Å². The molecular formula is C32H62NO8P. The van der Waals surface area contributed by atoms with Gasteiger partial charge in [0.15, 0.2) is 19.7 Å². The molecule has 0 saturated heterocycles. The second-order valence-electron chi connectivity index (χ2n) is 11.9. The van der Waals surface area contributed by atoms with Crippen LogP contribution in [0.25, 0.3) is 0 Å². The minimum absolute atomic E-state index is 0.00521. The molecule has 0 radical (unpaired) electrons. The highest BCUT2D eigenvalue weighted by Crippen LogP contribution is 2.48. The van der Waals surface area contributed by atoms with Gasteiger partial charge in [-0.3, -0.25) is 4.79 Å². The monoisotopic (exact) mass is 619 g/mol. The first-order valence-electron chi connectivity index (χ1n) is 16.2. The molecule has 10 heteroatoms. The zero-order chi connectivity index (χ0) is 31.7. The topological polar surface area (TPSA) is 136 Å². The van der Waals surface area contributed by atoms with Gasteiger partial charge in [-0.2, -0.15) is 0 Å². The first-order valence-corrected chi connectivity index (χ1v) is 17.8. The zero-order valence-electron chi connectivity index (χ0n) is 27.0. The fourth-order valence-corrected chi connectivity index (χ4v) is 6.72. The molecule has 0 heterocycles. The quantitative estimate of drug-likeness (QED) is 0.0244. The van der Waals surface area contributed by atoms with Gasteiger partial charge in [-0.1, -0.05) is 76.7 Å². The van der Waals surface area contributed by atoms with E-state index in [1.807, 2.05) is 0 Å². The number of ether oxygens (including phenoxy) is 1. The minimum atomic E-state index is -4.38. The molecule has 0 saturated carbocycles. The van der Waals surface area contributed by atoms with E-state index in [1.54, 1.807) is 21.0 Å². The number of carbonyl (C=O) groups excluding carboxylic acids is 1. The third kappa shape index (κ3) is 22.5. The Morgan fingerprint density at radius 1 is 0.810 bits per heavy atom. The van der Waals surface area contributed by atoms with Gasteiger partial charge in [0.1, 0.15) is 12.7 Å². The maximum Gasteiger partial charge on any atom is 0.305 e. The maximum atomic E-state index is 12.7. The minimum Gasteiger partial charge on any atom is -0.774 e. The number of aliphatic hydroxyl groups excluding tert-OH is 2. The van der Waals surface area contributed by atoms with Gasteiger partial charge >= 0.3 is 5.97 Å². The molecule has 0 fully saturated rings. The van der Waals surface area contributed by atoms with Crippen molar-refractivity contribution in [3.63, 3.8) is 0 Å². The molecule has 0 aliphatic carbocycles. The molecule has 3 atom stereocenters. The molecule has 0 aromatic rings. The molecule has 3 N–H and O–H groups in total. The normalized spacial score (nSPS) is 15.5. The third-order valence-electron chi connectivity index (χ3n) is 7.44. The molecular weight excluding hydrogens is 557 g/mol. The van der Waals surface area contributed by atoms with Gasteiger partial charge in [-0.25, -0.2) is 0 Å². The Morgan fingerprint density at radius 2 is 1.31 bits per heavy atom. The van der Waals surface area contributed by atoms with Gasteiger partial charge in [0.2, 0.25) is 0 Å². The van der Waals surface area contributed by atoms with Gasteiger partial charge in [-0.15, -0.1) is 0 Å². The second kappa shape index (κ2) is 25.3. The summed E-state index contributed by atoms with van der Waals surface area (Å²) in [6.45, 7) is 3.33. The van der Waals surface area contributed by atoms with E-state index in [4.69, 9.17) is 19.5 Å². The first-order chi connectivity index (χ1) is 20.0. The standard InChI is InChI=1S/C32H62NO8P/c1-5-7-8-9-10-11-12-13-14-15-16-17-18-19-20-21-22-23-24-32(37)40-27-29(34)28-41-42(38,39)30(6-2)33(3,4)26-25-31(35)36/h9-10,15-16,29-31,34-36H,5-8,11-14,17-28H2,1-4H3/b10-9-,16-15-/t29-,30?/m1/s1. The Kier molecular flexibility index (Phi) is 24.6. The molecule has 0 bridgehead atoms. The van der Waals surface area contributed by atoms with Crippen LogP contribution in [0.1, 0.15) is 123 Å². The summed E-state index contributed by atoms with van der Waals surface area (Å²) in [5.74, 6) is -1.33. The number of quaternary nitrogens is 1. The molecule has 42 heavy (non-hydrogen) atoms. The van der Waals surface area contributed by atoms with Crippen molar-refractivity contribution in [3.05, 3.63) is 24.3 Å².